The number of amides is 1. The van der Waals surface area contributed by atoms with E-state index in [2.05, 4.69) is 15.4 Å². The van der Waals surface area contributed by atoms with Gasteiger partial charge in [0.1, 0.15) is 5.75 Å². The fourth-order valence-electron chi connectivity index (χ4n) is 4.80. The first-order valence-electron chi connectivity index (χ1n) is 13.7. The van der Waals surface area contributed by atoms with Crippen LogP contribution in [0.2, 0.25) is 0 Å². The molecule has 0 spiro atoms. The molecule has 3 aromatic carbocycles. The number of hydrogen-bond acceptors (Lipinski definition) is 8. The van der Waals surface area contributed by atoms with E-state index in [-0.39, 0.29) is 35.5 Å². The van der Waals surface area contributed by atoms with Crippen LogP contribution in [0.1, 0.15) is 50.8 Å². The van der Waals surface area contributed by atoms with Gasteiger partial charge >= 0.3 is 5.97 Å². The largest absolute Gasteiger partial charge is 0.506 e. The van der Waals surface area contributed by atoms with Gasteiger partial charge < -0.3 is 30.9 Å². The summed E-state index contributed by atoms with van der Waals surface area (Å²) in [7, 11) is -3.56. The first-order chi connectivity index (χ1) is 20.0. The molecule has 4 rings (SSSR count). The van der Waals surface area contributed by atoms with Crippen molar-refractivity contribution in [2.24, 2.45) is 0 Å². The lowest BCUT2D eigenvalue weighted by Gasteiger charge is -2.33. The van der Waals surface area contributed by atoms with Crippen LogP contribution in [0.4, 0.5) is 11.4 Å². The number of benzene rings is 3. The number of carboxylic acid groups (broad SMARTS) is 1. The smallest absolute Gasteiger partial charge is 0.335 e. The summed E-state index contributed by atoms with van der Waals surface area (Å²) >= 11 is 0. The predicted molar refractivity (Wildman–Crippen MR) is 160 cm³/mol. The van der Waals surface area contributed by atoms with Crippen molar-refractivity contribution in [1.29, 1.82) is 0 Å². The molecule has 0 aliphatic carbocycles. The van der Waals surface area contributed by atoms with E-state index in [4.69, 9.17) is 5.11 Å². The second-order valence-corrected chi connectivity index (χ2v) is 12.2. The van der Waals surface area contributed by atoms with Crippen LogP contribution in [0, 0.1) is 0 Å². The standard InChI is InChI=1S/C30H36N4O7S/c1-42(40,41)33-26-18-23(8-11-27(26)35)28(36)19-31-15-12-20-2-9-24(10-3-20)32-25-13-16-34(17-14-25)29(37)21-4-6-22(7-5-21)30(38)39/h2-11,18,25,28,31-33,35-36H,12-17,19H2,1H3,(H,38,39)/t28-/m1/s1. The minimum Gasteiger partial charge on any atom is -0.506 e. The van der Waals surface area contributed by atoms with Crippen molar-refractivity contribution in [3.05, 3.63) is 89.0 Å². The molecule has 1 saturated heterocycles. The zero-order chi connectivity index (χ0) is 30.3. The van der Waals surface area contributed by atoms with E-state index in [1.807, 2.05) is 24.3 Å². The molecule has 6 N–H and O–H groups in total. The molecule has 1 heterocycles. The monoisotopic (exact) mass is 596 g/mol. The summed E-state index contributed by atoms with van der Waals surface area (Å²) in [5.74, 6) is -1.33. The van der Waals surface area contributed by atoms with E-state index in [0.717, 1.165) is 36.8 Å². The van der Waals surface area contributed by atoms with Crippen molar-refractivity contribution in [3.63, 3.8) is 0 Å². The van der Waals surface area contributed by atoms with E-state index < -0.39 is 22.1 Å². The Hall–Kier alpha value is -4.13. The number of likely N-dealkylation sites (tertiary alicyclic amines) is 1. The number of phenols is 1. The van der Waals surface area contributed by atoms with Crippen molar-refractivity contribution in [1.82, 2.24) is 10.2 Å². The molecule has 0 bridgehead atoms. The Morgan fingerprint density at radius 2 is 1.62 bits per heavy atom. The molecule has 0 radical (unpaired) electrons. The van der Waals surface area contributed by atoms with Gasteiger partial charge in [-0.3, -0.25) is 9.52 Å². The molecular weight excluding hydrogens is 560 g/mol. The van der Waals surface area contributed by atoms with E-state index in [9.17, 15) is 28.2 Å². The third-order valence-electron chi connectivity index (χ3n) is 7.11. The quantitative estimate of drug-likeness (QED) is 0.136. The molecule has 1 aliphatic heterocycles. The lowest BCUT2D eigenvalue weighted by atomic mass is 10.0. The van der Waals surface area contributed by atoms with Crippen LogP contribution < -0.4 is 15.4 Å². The second-order valence-electron chi connectivity index (χ2n) is 10.4. The van der Waals surface area contributed by atoms with Gasteiger partial charge in [-0.15, -0.1) is 0 Å². The number of phenolic OH excluding ortho intramolecular Hbond substituents is 1. The van der Waals surface area contributed by atoms with Gasteiger partial charge in [-0.2, -0.15) is 0 Å². The number of carbonyl (C=O) groups is 2. The van der Waals surface area contributed by atoms with Crippen molar-refractivity contribution >= 4 is 33.3 Å². The maximum Gasteiger partial charge on any atom is 0.335 e. The number of carbonyl (C=O) groups excluding carboxylic acids is 1. The molecule has 1 aliphatic rings. The molecule has 3 aromatic rings. The lowest BCUT2D eigenvalue weighted by molar-refractivity contribution is 0.0690. The number of aliphatic hydroxyl groups is 1. The van der Waals surface area contributed by atoms with Crippen LogP contribution >= 0.6 is 0 Å². The Morgan fingerprint density at radius 3 is 2.24 bits per heavy atom. The third kappa shape index (κ3) is 8.68. The molecule has 11 nitrogen and oxygen atoms in total. The van der Waals surface area contributed by atoms with Crippen molar-refractivity contribution < 1.29 is 33.3 Å². The Balaban J connectivity index is 1.18. The van der Waals surface area contributed by atoms with Gasteiger partial charge in [0.05, 0.1) is 23.6 Å². The molecule has 1 fully saturated rings. The Labute approximate surface area is 245 Å². The highest BCUT2D eigenvalue weighted by Crippen LogP contribution is 2.27. The number of sulfonamides is 1. The highest BCUT2D eigenvalue weighted by Gasteiger charge is 2.24. The molecular formula is C30H36N4O7S. The van der Waals surface area contributed by atoms with Gasteiger partial charge in [0.2, 0.25) is 10.0 Å². The first kappa shape index (κ1) is 30.8. The number of aliphatic hydroxyl groups excluding tert-OH is 1. The fraction of sp³-hybridized carbons (Fsp3) is 0.333. The number of anilines is 2. The molecule has 42 heavy (non-hydrogen) atoms. The van der Waals surface area contributed by atoms with E-state index >= 15 is 0 Å². The van der Waals surface area contributed by atoms with Crippen molar-refractivity contribution in [2.45, 2.75) is 31.4 Å². The first-order valence-corrected chi connectivity index (χ1v) is 15.6. The molecule has 1 atom stereocenters. The van der Waals surface area contributed by atoms with Crippen molar-refractivity contribution in [3.8, 4) is 5.75 Å². The molecule has 224 valence electrons. The number of aromatic hydroxyl groups is 1. The Morgan fingerprint density at radius 1 is 0.976 bits per heavy atom. The average Bonchev–Trinajstić information content (AvgIpc) is 2.96. The normalized spacial score (nSPS) is 14.8. The van der Waals surface area contributed by atoms with Crippen LogP contribution in [0.3, 0.4) is 0 Å². The van der Waals surface area contributed by atoms with E-state index in [1.165, 1.54) is 24.3 Å². The fourth-order valence-corrected chi connectivity index (χ4v) is 5.36. The summed E-state index contributed by atoms with van der Waals surface area (Å²) in [4.78, 5) is 25.6. The molecule has 12 heteroatoms. The Bertz CT molecular complexity index is 1490. The molecule has 0 saturated carbocycles. The highest BCUT2D eigenvalue weighted by atomic mass is 32.2. The van der Waals surface area contributed by atoms with Gasteiger partial charge in [0.25, 0.3) is 5.91 Å². The molecule has 0 unspecified atom stereocenters. The van der Waals surface area contributed by atoms with Crippen LogP contribution in [0.5, 0.6) is 5.75 Å². The maximum atomic E-state index is 12.8. The molecule has 0 aromatic heterocycles. The summed E-state index contributed by atoms with van der Waals surface area (Å²) in [5, 5.41) is 36.1. The van der Waals surface area contributed by atoms with E-state index in [1.54, 1.807) is 23.1 Å². The number of nitrogens with one attached hydrogen (secondary N) is 3. The third-order valence-corrected chi connectivity index (χ3v) is 7.71. The zero-order valence-corrected chi connectivity index (χ0v) is 24.1. The summed E-state index contributed by atoms with van der Waals surface area (Å²) in [6.07, 6.45) is 2.47. The highest BCUT2D eigenvalue weighted by molar-refractivity contribution is 7.92. The Kier molecular flexibility index (Phi) is 10.0. The number of nitrogens with zero attached hydrogens (tertiary/aromatic N) is 1. The van der Waals surface area contributed by atoms with Crippen LogP contribution in [-0.2, 0) is 16.4 Å². The van der Waals surface area contributed by atoms with Crippen LogP contribution in [0.25, 0.3) is 0 Å². The van der Waals surface area contributed by atoms with Crippen LogP contribution in [0.15, 0.2) is 66.7 Å². The van der Waals surface area contributed by atoms with Gasteiger partial charge in [-0.25, -0.2) is 13.2 Å². The number of aromatic carboxylic acids is 1. The minimum absolute atomic E-state index is 0.0200. The topological polar surface area (TPSA) is 168 Å². The van der Waals surface area contributed by atoms with E-state index in [0.29, 0.717) is 30.8 Å². The predicted octanol–water partition coefficient (Wildman–Crippen LogP) is 3.04. The zero-order valence-electron chi connectivity index (χ0n) is 23.3. The number of rotatable bonds is 12. The van der Waals surface area contributed by atoms with Gasteiger partial charge in [0, 0.05) is 36.9 Å². The SMILES string of the molecule is CS(=O)(=O)Nc1cc([C@H](O)CNCCc2ccc(NC3CCN(C(=O)c4ccc(C(=O)O)cc4)CC3)cc2)ccc1O. The number of carboxylic acids is 1. The summed E-state index contributed by atoms with van der Waals surface area (Å²) in [5.41, 5.74) is 3.27. The molecule has 1 amide bonds. The summed E-state index contributed by atoms with van der Waals surface area (Å²) < 4.78 is 25.2. The number of piperidine rings is 1. The summed E-state index contributed by atoms with van der Waals surface area (Å²) in [6.45, 7) is 2.12. The van der Waals surface area contributed by atoms with Gasteiger partial charge in [-0.1, -0.05) is 18.2 Å². The van der Waals surface area contributed by atoms with Crippen molar-refractivity contribution in [2.75, 3.05) is 42.5 Å². The summed E-state index contributed by atoms with van der Waals surface area (Å²) in [6, 6.07) is 18.7. The van der Waals surface area contributed by atoms with Crippen LogP contribution in [-0.4, -0.2) is 79.0 Å². The minimum atomic E-state index is -3.56. The number of hydrogen-bond donors (Lipinski definition) is 6. The second kappa shape index (κ2) is 13.7. The maximum absolute atomic E-state index is 12.8. The van der Waals surface area contributed by atoms with Gasteiger partial charge in [0.15, 0.2) is 0 Å². The average molecular weight is 597 g/mol. The van der Waals surface area contributed by atoms with Gasteiger partial charge in [-0.05, 0) is 85.5 Å². The lowest BCUT2D eigenvalue weighted by Crippen LogP contribution is -2.42.